The normalized spacial score (nSPS) is 10.1. The van der Waals surface area contributed by atoms with Crippen LogP contribution in [0.15, 0.2) is 18.3 Å². The first-order valence-electron chi connectivity index (χ1n) is 4.51. The quantitative estimate of drug-likeness (QED) is 0.774. The molecular weight excluding hydrogens is 196 g/mol. The van der Waals surface area contributed by atoms with Gasteiger partial charge >= 0.3 is 5.97 Å². The Morgan fingerprint density at radius 1 is 1.40 bits per heavy atom. The third-order valence-electron chi connectivity index (χ3n) is 1.66. The number of aromatic carboxylic acids is 1. The third-order valence-corrected chi connectivity index (χ3v) is 1.66. The smallest absolute Gasteiger partial charge is 0.337 e. The first-order chi connectivity index (χ1) is 7.00. The van der Waals surface area contributed by atoms with E-state index < -0.39 is 5.97 Å². The molecule has 0 atom stereocenters. The molecule has 15 heavy (non-hydrogen) atoms. The number of carboxylic acid groups (broad SMARTS) is 1. The summed E-state index contributed by atoms with van der Waals surface area (Å²) in [6.07, 6.45) is 1.16. The second-order valence-corrected chi connectivity index (χ2v) is 3.37. The molecule has 2 N–H and O–H groups in total. The van der Waals surface area contributed by atoms with E-state index in [2.05, 4.69) is 10.3 Å². The predicted molar refractivity (Wildman–Crippen MR) is 53.8 cm³/mol. The van der Waals surface area contributed by atoms with Gasteiger partial charge in [-0.1, -0.05) is 0 Å². The van der Waals surface area contributed by atoms with Gasteiger partial charge in [-0.15, -0.1) is 0 Å². The fourth-order valence-electron chi connectivity index (χ4n) is 0.991. The van der Waals surface area contributed by atoms with Crippen LogP contribution in [0.2, 0.25) is 0 Å². The lowest BCUT2D eigenvalue weighted by molar-refractivity contribution is 0.0695. The number of carbonyl (C=O) groups excluding carboxylic acids is 1. The van der Waals surface area contributed by atoms with E-state index in [9.17, 15) is 9.59 Å². The average molecular weight is 208 g/mol. The van der Waals surface area contributed by atoms with E-state index in [1.807, 2.05) is 13.8 Å². The molecule has 1 heterocycles. The van der Waals surface area contributed by atoms with Gasteiger partial charge in [-0.2, -0.15) is 0 Å². The standard InChI is InChI=1S/C10H12N2O3/c1-6(2)12-9(13)8-4-3-7(5-11-8)10(14)15/h3-6H,1-2H3,(H,12,13)(H,14,15). The summed E-state index contributed by atoms with van der Waals surface area (Å²) in [5.74, 6) is -1.36. The first kappa shape index (κ1) is 11.2. The Morgan fingerprint density at radius 2 is 2.07 bits per heavy atom. The van der Waals surface area contributed by atoms with Crippen LogP contribution in [0.5, 0.6) is 0 Å². The van der Waals surface area contributed by atoms with Crippen molar-refractivity contribution >= 4 is 11.9 Å². The first-order valence-corrected chi connectivity index (χ1v) is 4.51. The van der Waals surface area contributed by atoms with Crippen LogP contribution in [-0.2, 0) is 0 Å². The number of carbonyl (C=O) groups is 2. The predicted octanol–water partition coefficient (Wildman–Crippen LogP) is 0.918. The summed E-state index contributed by atoms with van der Waals surface area (Å²) in [4.78, 5) is 25.7. The highest BCUT2D eigenvalue weighted by molar-refractivity contribution is 5.93. The van der Waals surface area contributed by atoms with Crippen LogP contribution in [0, 0.1) is 0 Å². The molecule has 0 radical (unpaired) electrons. The Kier molecular flexibility index (Phi) is 3.38. The van der Waals surface area contributed by atoms with Crippen LogP contribution in [0.1, 0.15) is 34.7 Å². The third kappa shape index (κ3) is 3.05. The molecule has 0 aromatic carbocycles. The molecule has 0 saturated carbocycles. The average Bonchev–Trinajstić information content (AvgIpc) is 2.17. The van der Waals surface area contributed by atoms with E-state index in [0.717, 1.165) is 6.20 Å². The van der Waals surface area contributed by atoms with Gasteiger partial charge in [0.25, 0.3) is 5.91 Å². The van der Waals surface area contributed by atoms with Crippen LogP contribution < -0.4 is 5.32 Å². The highest BCUT2D eigenvalue weighted by Crippen LogP contribution is 2.00. The molecule has 0 bridgehead atoms. The summed E-state index contributed by atoms with van der Waals surface area (Å²) >= 11 is 0. The van der Waals surface area contributed by atoms with Crippen molar-refractivity contribution in [2.75, 3.05) is 0 Å². The molecule has 0 aliphatic carbocycles. The van der Waals surface area contributed by atoms with Crippen molar-refractivity contribution in [2.45, 2.75) is 19.9 Å². The molecule has 5 nitrogen and oxygen atoms in total. The number of nitrogens with one attached hydrogen (secondary N) is 1. The van der Waals surface area contributed by atoms with Gasteiger partial charge in [0.1, 0.15) is 5.69 Å². The van der Waals surface area contributed by atoms with E-state index in [4.69, 9.17) is 5.11 Å². The van der Waals surface area contributed by atoms with Crippen LogP contribution in [0.25, 0.3) is 0 Å². The van der Waals surface area contributed by atoms with Crippen LogP contribution >= 0.6 is 0 Å². The molecule has 1 aromatic heterocycles. The SMILES string of the molecule is CC(C)NC(=O)c1ccc(C(=O)O)cn1. The van der Waals surface area contributed by atoms with Gasteiger partial charge in [0.2, 0.25) is 0 Å². The summed E-state index contributed by atoms with van der Waals surface area (Å²) in [6, 6.07) is 2.77. The van der Waals surface area contributed by atoms with Gasteiger partial charge < -0.3 is 10.4 Å². The molecule has 5 heteroatoms. The Bertz CT molecular complexity index is 371. The minimum atomic E-state index is -1.06. The van der Waals surface area contributed by atoms with Crippen LogP contribution in [-0.4, -0.2) is 28.0 Å². The molecule has 1 rings (SSSR count). The number of hydrogen-bond donors (Lipinski definition) is 2. The molecule has 0 aliphatic heterocycles. The zero-order valence-electron chi connectivity index (χ0n) is 8.52. The Morgan fingerprint density at radius 3 is 2.47 bits per heavy atom. The number of amides is 1. The zero-order chi connectivity index (χ0) is 11.4. The molecular formula is C10H12N2O3. The van der Waals surface area contributed by atoms with Gasteiger partial charge in [0, 0.05) is 12.2 Å². The van der Waals surface area contributed by atoms with Gasteiger partial charge in [-0.05, 0) is 26.0 Å². The second kappa shape index (κ2) is 4.54. The molecule has 0 spiro atoms. The van der Waals surface area contributed by atoms with Crippen LogP contribution in [0.3, 0.4) is 0 Å². The minimum Gasteiger partial charge on any atom is -0.478 e. The molecule has 80 valence electrons. The lowest BCUT2D eigenvalue weighted by atomic mass is 10.2. The summed E-state index contributed by atoms with van der Waals surface area (Å²) in [5.41, 5.74) is 0.282. The number of nitrogens with zero attached hydrogens (tertiary/aromatic N) is 1. The van der Waals surface area contributed by atoms with Crippen LogP contribution in [0.4, 0.5) is 0 Å². The highest BCUT2D eigenvalue weighted by atomic mass is 16.4. The Hall–Kier alpha value is -1.91. The number of aromatic nitrogens is 1. The molecule has 1 amide bonds. The van der Waals surface area contributed by atoms with Gasteiger partial charge in [-0.3, -0.25) is 9.78 Å². The highest BCUT2D eigenvalue weighted by Gasteiger charge is 2.09. The second-order valence-electron chi connectivity index (χ2n) is 3.37. The Labute approximate surface area is 87.1 Å². The maximum atomic E-state index is 11.4. The molecule has 0 unspecified atom stereocenters. The lowest BCUT2D eigenvalue weighted by Crippen LogP contribution is -2.30. The van der Waals surface area contributed by atoms with E-state index >= 15 is 0 Å². The fourth-order valence-corrected chi connectivity index (χ4v) is 0.991. The minimum absolute atomic E-state index is 0.0263. The Balaban J connectivity index is 2.80. The number of carboxylic acids is 1. The zero-order valence-corrected chi connectivity index (χ0v) is 8.52. The summed E-state index contributed by atoms with van der Waals surface area (Å²) in [5, 5.41) is 11.3. The van der Waals surface area contributed by atoms with Crippen molar-refractivity contribution in [3.8, 4) is 0 Å². The molecule has 0 aliphatic rings. The number of pyridine rings is 1. The van der Waals surface area contributed by atoms with Crippen molar-refractivity contribution in [1.82, 2.24) is 10.3 Å². The van der Waals surface area contributed by atoms with Crippen molar-refractivity contribution in [3.05, 3.63) is 29.6 Å². The van der Waals surface area contributed by atoms with Gasteiger partial charge in [-0.25, -0.2) is 4.79 Å². The lowest BCUT2D eigenvalue weighted by Gasteiger charge is -2.07. The maximum absolute atomic E-state index is 11.4. The molecule has 0 fully saturated rings. The monoisotopic (exact) mass is 208 g/mol. The number of hydrogen-bond acceptors (Lipinski definition) is 3. The van der Waals surface area contributed by atoms with Gasteiger partial charge in [0.15, 0.2) is 0 Å². The topological polar surface area (TPSA) is 79.3 Å². The van der Waals surface area contributed by atoms with Crippen molar-refractivity contribution in [1.29, 1.82) is 0 Å². The van der Waals surface area contributed by atoms with E-state index in [1.165, 1.54) is 12.1 Å². The molecule has 0 saturated heterocycles. The van der Waals surface area contributed by atoms with E-state index in [-0.39, 0.29) is 23.2 Å². The van der Waals surface area contributed by atoms with Crippen molar-refractivity contribution in [2.24, 2.45) is 0 Å². The van der Waals surface area contributed by atoms with Crippen molar-refractivity contribution < 1.29 is 14.7 Å². The fraction of sp³-hybridized carbons (Fsp3) is 0.300. The summed E-state index contributed by atoms with van der Waals surface area (Å²) < 4.78 is 0. The van der Waals surface area contributed by atoms with E-state index in [1.54, 1.807) is 0 Å². The molecule has 1 aromatic rings. The summed E-state index contributed by atoms with van der Waals surface area (Å²) in [7, 11) is 0. The van der Waals surface area contributed by atoms with Crippen molar-refractivity contribution in [3.63, 3.8) is 0 Å². The van der Waals surface area contributed by atoms with E-state index in [0.29, 0.717) is 0 Å². The summed E-state index contributed by atoms with van der Waals surface area (Å²) in [6.45, 7) is 3.67. The largest absolute Gasteiger partial charge is 0.478 e. The number of rotatable bonds is 3. The van der Waals surface area contributed by atoms with Gasteiger partial charge in [0.05, 0.1) is 5.56 Å². The maximum Gasteiger partial charge on any atom is 0.337 e.